The molecule has 1 heteroatoms. The van der Waals surface area contributed by atoms with Crippen molar-refractivity contribution in [3.63, 3.8) is 0 Å². The van der Waals surface area contributed by atoms with E-state index in [1.54, 1.807) is 0 Å². The summed E-state index contributed by atoms with van der Waals surface area (Å²) < 4.78 is 5.51. The highest BCUT2D eigenvalue weighted by atomic mass is 16.5. The maximum Gasteiger partial charge on any atom is 0.119 e. The average Bonchev–Trinajstić information content (AvgIpc) is 2.47. The van der Waals surface area contributed by atoms with Crippen LogP contribution in [0.2, 0.25) is 0 Å². The van der Waals surface area contributed by atoms with Gasteiger partial charge in [-0.15, -0.1) is 0 Å². The van der Waals surface area contributed by atoms with Gasteiger partial charge in [-0.2, -0.15) is 0 Å². The zero-order chi connectivity index (χ0) is 13.5. The first-order valence-corrected chi connectivity index (χ1v) is 8.06. The number of hydrogen-bond donors (Lipinski definition) is 0. The lowest BCUT2D eigenvalue weighted by Crippen LogP contribution is -2.13. The van der Waals surface area contributed by atoms with Gasteiger partial charge >= 0.3 is 0 Å². The van der Waals surface area contributed by atoms with Gasteiger partial charge in [0.2, 0.25) is 0 Å². The average molecular weight is 260 g/mol. The molecule has 0 radical (unpaired) electrons. The second-order valence-electron chi connectivity index (χ2n) is 5.86. The fraction of sp³-hybridized carbons (Fsp3) is 0.667. The van der Waals surface area contributed by atoms with Crippen molar-refractivity contribution in [1.82, 2.24) is 0 Å². The van der Waals surface area contributed by atoms with Crippen LogP contribution in [-0.4, -0.2) is 6.61 Å². The fourth-order valence-corrected chi connectivity index (χ4v) is 3.28. The molecule has 0 aliphatic heterocycles. The van der Waals surface area contributed by atoms with Gasteiger partial charge in [-0.3, -0.25) is 0 Å². The zero-order valence-electron chi connectivity index (χ0n) is 12.5. The first-order valence-electron chi connectivity index (χ1n) is 8.06. The summed E-state index contributed by atoms with van der Waals surface area (Å²) in [5.41, 5.74) is 1.51. The van der Waals surface area contributed by atoms with E-state index < -0.39 is 0 Å². The van der Waals surface area contributed by atoms with Crippen molar-refractivity contribution < 1.29 is 4.74 Å². The maximum atomic E-state index is 5.51. The maximum absolute atomic E-state index is 5.51. The van der Waals surface area contributed by atoms with Crippen molar-refractivity contribution in [2.24, 2.45) is 5.92 Å². The first kappa shape index (κ1) is 14.4. The van der Waals surface area contributed by atoms with Crippen molar-refractivity contribution in [3.05, 3.63) is 29.8 Å². The zero-order valence-corrected chi connectivity index (χ0v) is 12.5. The smallest absolute Gasteiger partial charge is 0.119 e. The lowest BCUT2D eigenvalue weighted by molar-refractivity contribution is 0.304. The van der Waals surface area contributed by atoms with E-state index in [1.807, 2.05) is 6.92 Å². The normalized spacial score (nSPS) is 23.3. The van der Waals surface area contributed by atoms with Gasteiger partial charge in [-0.25, -0.2) is 0 Å². The minimum Gasteiger partial charge on any atom is -0.494 e. The summed E-state index contributed by atoms with van der Waals surface area (Å²) in [5.74, 6) is 2.79. The van der Waals surface area contributed by atoms with E-state index in [0.717, 1.165) is 24.2 Å². The predicted octanol–water partition coefficient (Wildman–Crippen LogP) is 5.55. The minimum atomic E-state index is 0.752. The Morgan fingerprint density at radius 3 is 2.26 bits per heavy atom. The Bertz CT molecular complexity index is 346. The summed E-state index contributed by atoms with van der Waals surface area (Å²) >= 11 is 0. The summed E-state index contributed by atoms with van der Waals surface area (Å²) in [6, 6.07) is 8.79. The van der Waals surface area contributed by atoms with E-state index in [1.165, 1.54) is 50.5 Å². The van der Waals surface area contributed by atoms with Gasteiger partial charge in [0.05, 0.1) is 6.61 Å². The van der Waals surface area contributed by atoms with Gasteiger partial charge in [0, 0.05) is 0 Å². The molecule has 1 nitrogen and oxygen atoms in total. The second-order valence-corrected chi connectivity index (χ2v) is 5.86. The monoisotopic (exact) mass is 260 g/mol. The van der Waals surface area contributed by atoms with Crippen molar-refractivity contribution in [1.29, 1.82) is 0 Å². The highest BCUT2D eigenvalue weighted by molar-refractivity contribution is 5.29. The number of benzene rings is 1. The van der Waals surface area contributed by atoms with E-state index >= 15 is 0 Å². The van der Waals surface area contributed by atoms with E-state index in [9.17, 15) is 0 Å². The Balaban J connectivity index is 1.83. The predicted molar refractivity (Wildman–Crippen MR) is 81.8 cm³/mol. The third-order valence-electron chi connectivity index (χ3n) is 4.48. The van der Waals surface area contributed by atoms with Gasteiger partial charge in [-0.1, -0.05) is 38.3 Å². The van der Waals surface area contributed by atoms with Crippen LogP contribution < -0.4 is 4.74 Å². The van der Waals surface area contributed by atoms with E-state index in [4.69, 9.17) is 4.74 Å². The highest BCUT2D eigenvalue weighted by Gasteiger charge is 2.21. The molecule has 1 fully saturated rings. The largest absolute Gasteiger partial charge is 0.494 e. The Kier molecular flexibility index (Phi) is 5.75. The molecule has 1 aromatic carbocycles. The number of rotatable bonds is 6. The van der Waals surface area contributed by atoms with E-state index in [2.05, 4.69) is 31.2 Å². The molecule has 1 saturated carbocycles. The van der Waals surface area contributed by atoms with Crippen LogP contribution in [0.5, 0.6) is 5.75 Å². The lowest BCUT2D eigenvalue weighted by Gasteiger charge is -2.28. The van der Waals surface area contributed by atoms with Crippen molar-refractivity contribution >= 4 is 0 Å². The Hall–Kier alpha value is -0.980. The molecule has 0 unspecified atom stereocenters. The number of unbranched alkanes of at least 4 members (excludes halogenated alkanes) is 1. The van der Waals surface area contributed by atoms with Crippen LogP contribution in [-0.2, 0) is 0 Å². The molecule has 19 heavy (non-hydrogen) atoms. The molecule has 0 bridgehead atoms. The minimum absolute atomic E-state index is 0.752. The van der Waals surface area contributed by atoms with Gasteiger partial charge in [-0.05, 0) is 62.1 Å². The number of hydrogen-bond acceptors (Lipinski definition) is 1. The van der Waals surface area contributed by atoms with Crippen LogP contribution in [0.4, 0.5) is 0 Å². The molecule has 106 valence electrons. The number of ether oxygens (including phenoxy) is 1. The first-order chi connectivity index (χ1) is 9.33. The van der Waals surface area contributed by atoms with Gasteiger partial charge in [0.25, 0.3) is 0 Å². The van der Waals surface area contributed by atoms with Crippen LogP contribution in [0, 0.1) is 5.92 Å². The summed E-state index contributed by atoms with van der Waals surface area (Å²) in [4.78, 5) is 0. The summed E-state index contributed by atoms with van der Waals surface area (Å²) in [7, 11) is 0. The van der Waals surface area contributed by atoms with Crippen molar-refractivity contribution in [2.75, 3.05) is 6.61 Å². The highest BCUT2D eigenvalue weighted by Crippen LogP contribution is 2.37. The van der Waals surface area contributed by atoms with Crippen molar-refractivity contribution in [3.8, 4) is 5.75 Å². The molecule has 0 saturated heterocycles. The van der Waals surface area contributed by atoms with E-state index in [0.29, 0.717) is 0 Å². The Morgan fingerprint density at radius 2 is 1.68 bits per heavy atom. The van der Waals surface area contributed by atoms with Crippen LogP contribution >= 0.6 is 0 Å². The quantitative estimate of drug-likeness (QED) is 0.651. The SMILES string of the molecule is CCCCC1CCC(c2ccc(OCC)cc2)CC1. The molecule has 1 aliphatic rings. The lowest BCUT2D eigenvalue weighted by atomic mass is 9.77. The molecule has 1 aliphatic carbocycles. The molecule has 0 amide bonds. The summed E-state index contributed by atoms with van der Waals surface area (Å²) in [6.45, 7) is 5.08. The third kappa shape index (κ3) is 4.26. The third-order valence-corrected chi connectivity index (χ3v) is 4.48. The molecule has 1 aromatic rings. The molecule has 0 N–H and O–H groups in total. The van der Waals surface area contributed by atoms with Gasteiger partial charge < -0.3 is 4.74 Å². The van der Waals surface area contributed by atoms with E-state index in [-0.39, 0.29) is 0 Å². The molecule has 0 heterocycles. The standard InChI is InChI=1S/C18H28O/c1-3-5-6-15-7-9-16(10-8-15)17-11-13-18(14-12-17)19-4-2/h11-16H,3-10H2,1-2H3. The molecule has 0 aromatic heterocycles. The molecule has 0 spiro atoms. The topological polar surface area (TPSA) is 9.23 Å². The molecular weight excluding hydrogens is 232 g/mol. The summed E-state index contributed by atoms with van der Waals surface area (Å²) in [5, 5.41) is 0. The van der Waals surface area contributed by atoms with Gasteiger partial charge in [0.1, 0.15) is 5.75 Å². The van der Waals surface area contributed by atoms with Gasteiger partial charge in [0.15, 0.2) is 0 Å². The van der Waals surface area contributed by atoms with Crippen LogP contribution in [0.15, 0.2) is 24.3 Å². The Labute approximate surface area is 118 Å². The molecular formula is C18H28O. The summed E-state index contributed by atoms with van der Waals surface area (Å²) in [6.07, 6.45) is 9.82. The van der Waals surface area contributed by atoms with Crippen LogP contribution in [0.3, 0.4) is 0 Å². The van der Waals surface area contributed by atoms with Crippen molar-refractivity contribution in [2.45, 2.75) is 64.7 Å². The Morgan fingerprint density at radius 1 is 1.00 bits per heavy atom. The molecule has 0 atom stereocenters. The van der Waals surface area contributed by atoms with Crippen LogP contribution in [0.1, 0.15) is 70.3 Å². The van der Waals surface area contributed by atoms with Crippen LogP contribution in [0.25, 0.3) is 0 Å². The second kappa shape index (κ2) is 7.57. The fourth-order valence-electron chi connectivity index (χ4n) is 3.28. The molecule has 2 rings (SSSR count).